The number of nitrogens with two attached hydrogens (primary N) is 1. The Bertz CT molecular complexity index is 376. The maximum atomic E-state index is 11.4. The molecule has 0 aliphatic heterocycles. The molecule has 0 aromatic heterocycles. The van der Waals surface area contributed by atoms with Gasteiger partial charge in [-0.05, 0) is 24.5 Å². The minimum atomic E-state index is -1.08. The Morgan fingerprint density at radius 2 is 2.00 bits per heavy atom. The minimum absolute atomic E-state index is 0.413. The highest BCUT2D eigenvalue weighted by atomic mass is 16.4. The second kappa shape index (κ2) is 5.80. The zero-order valence-electron chi connectivity index (χ0n) is 10.4. The van der Waals surface area contributed by atoms with Gasteiger partial charge >= 0.3 is 5.97 Å². The Morgan fingerprint density at radius 1 is 1.41 bits per heavy atom. The van der Waals surface area contributed by atoms with Crippen LogP contribution in [0.1, 0.15) is 25.0 Å². The Balaban J connectivity index is 3.00. The zero-order chi connectivity index (χ0) is 12.9. The third-order valence-corrected chi connectivity index (χ3v) is 2.99. The van der Waals surface area contributed by atoms with Gasteiger partial charge in [-0.25, -0.2) is 4.79 Å². The summed E-state index contributed by atoms with van der Waals surface area (Å²) in [5.74, 6) is -0.893. The Kier molecular flexibility index (Phi) is 4.66. The van der Waals surface area contributed by atoms with Crippen molar-refractivity contribution in [1.82, 2.24) is 5.32 Å². The molecule has 0 aliphatic rings. The summed E-state index contributed by atoms with van der Waals surface area (Å²) in [6, 6.07) is 7.63. The summed E-state index contributed by atoms with van der Waals surface area (Å²) < 4.78 is 0. The second-order valence-electron chi connectivity index (χ2n) is 4.20. The second-order valence-corrected chi connectivity index (χ2v) is 4.20. The first kappa shape index (κ1) is 13.7. The van der Waals surface area contributed by atoms with Crippen LogP contribution < -0.4 is 11.1 Å². The minimum Gasteiger partial charge on any atom is -0.480 e. The van der Waals surface area contributed by atoms with Crippen molar-refractivity contribution in [1.29, 1.82) is 0 Å². The molecule has 0 saturated carbocycles. The summed E-state index contributed by atoms with van der Waals surface area (Å²) in [6.07, 6.45) is 0.945. The van der Waals surface area contributed by atoms with E-state index in [4.69, 9.17) is 5.73 Å². The van der Waals surface area contributed by atoms with Gasteiger partial charge in [0.15, 0.2) is 0 Å². The lowest BCUT2D eigenvalue weighted by atomic mass is 9.91. The van der Waals surface area contributed by atoms with Crippen LogP contribution in [0.15, 0.2) is 24.3 Å². The van der Waals surface area contributed by atoms with Gasteiger partial charge in [0.05, 0.1) is 0 Å². The summed E-state index contributed by atoms with van der Waals surface area (Å²) in [6.45, 7) is 4.61. The van der Waals surface area contributed by atoms with Crippen molar-refractivity contribution in [3.63, 3.8) is 0 Å². The third-order valence-electron chi connectivity index (χ3n) is 2.99. The molecule has 0 bridgehead atoms. The summed E-state index contributed by atoms with van der Waals surface area (Å²) in [5, 5.41) is 12.3. The molecular weight excluding hydrogens is 216 g/mol. The van der Waals surface area contributed by atoms with Gasteiger partial charge in [0.1, 0.15) is 5.54 Å². The standard InChI is InChI=1S/C13H20N2O2/c1-3-10-4-6-11(7-5-10)13(2,12(16)17)15-9-8-14/h4-7,15H,3,8-9,14H2,1-2H3,(H,16,17). The van der Waals surface area contributed by atoms with Crippen molar-refractivity contribution in [2.75, 3.05) is 13.1 Å². The molecule has 4 nitrogen and oxygen atoms in total. The van der Waals surface area contributed by atoms with Gasteiger partial charge in [-0.15, -0.1) is 0 Å². The van der Waals surface area contributed by atoms with Crippen molar-refractivity contribution >= 4 is 5.97 Å². The lowest BCUT2D eigenvalue weighted by Crippen LogP contribution is -2.48. The first-order valence-electron chi connectivity index (χ1n) is 5.82. The first-order valence-corrected chi connectivity index (χ1v) is 5.82. The number of carboxylic acid groups (broad SMARTS) is 1. The number of rotatable bonds is 6. The van der Waals surface area contributed by atoms with E-state index in [0.717, 1.165) is 12.0 Å². The fraction of sp³-hybridized carbons (Fsp3) is 0.462. The Labute approximate surface area is 102 Å². The molecule has 0 saturated heterocycles. The van der Waals surface area contributed by atoms with E-state index in [1.54, 1.807) is 6.92 Å². The highest BCUT2D eigenvalue weighted by Crippen LogP contribution is 2.21. The lowest BCUT2D eigenvalue weighted by Gasteiger charge is -2.26. The monoisotopic (exact) mass is 236 g/mol. The summed E-state index contributed by atoms with van der Waals surface area (Å²) >= 11 is 0. The number of carbonyl (C=O) groups is 1. The van der Waals surface area contributed by atoms with Gasteiger partial charge in [-0.2, -0.15) is 0 Å². The van der Waals surface area contributed by atoms with Crippen LogP contribution in [0, 0.1) is 0 Å². The molecule has 17 heavy (non-hydrogen) atoms. The molecule has 0 aliphatic carbocycles. The van der Waals surface area contributed by atoms with E-state index in [9.17, 15) is 9.90 Å². The average molecular weight is 236 g/mol. The largest absolute Gasteiger partial charge is 0.480 e. The molecule has 0 radical (unpaired) electrons. The third kappa shape index (κ3) is 3.05. The molecule has 0 fully saturated rings. The molecular formula is C13H20N2O2. The fourth-order valence-corrected chi connectivity index (χ4v) is 1.70. The van der Waals surface area contributed by atoms with Crippen LogP contribution in [0.5, 0.6) is 0 Å². The molecule has 1 aromatic rings. The maximum absolute atomic E-state index is 11.4. The normalized spacial score (nSPS) is 14.3. The Morgan fingerprint density at radius 3 is 2.41 bits per heavy atom. The van der Waals surface area contributed by atoms with E-state index < -0.39 is 11.5 Å². The average Bonchev–Trinajstić information content (AvgIpc) is 2.35. The molecule has 0 amide bonds. The fourth-order valence-electron chi connectivity index (χ4n) is 1.70. The van der Waals surface area contributed by atoms with Crippen LogP contribution >= 0.6 is 0 Å². The number of aryl methyl sites for hydroxylation is 1. The van der Waals surface area contributed by atoms with Gasteiger partial charge in [-0.1, -0.05) is 31.2 Å². The first-order chi connectivity index (χ1) is 8.04. The van der Waals surface area contributed by atoms with Crippen LogP contribution in [-0.2, 0) is 16.8 Å². The summed E-state index contributed by atoms with van der Waals surface area (Å²) in [7, 11) is 0. The van der Waals surface area contributed by atoms with Crippen LogP contribution in [-0.4, -0.2) is 24.2 Å². The number of hydrogen-bond donors (Lipinski definition) is 3. The molecule has 94 valence electrons. The molecule has 1 aromatic carbocycles. The van der Waals surface area contributed by atoms with Gasteiger partial charge in [0.25, 0.3) is 0 Å². The van der Waals surface area contributed by atoms with Crippen LogP contribution in [0.2, 0.25) is 0 Å². The van der Waals surface area contributed by atoms with Crippen molar-refractivity contribution in [2.45, 2.75) is 25.8 Å². The number of carboxylic acids is 1. The van der Waals surface area contributed by atoms with Gasteiger partial charge in [0.2, 0.25) is 0 Å². The number of nitrogens with one attached hydrogen (secondary N) is 1. The van der Waals surface area contributed by atoms with E-state index >= 15 is 0 Å². The highest BCUT2D eigenvalue weighted by molar-refractivity contribution is 5.80. The SMILES string of the molecule is CCc1ccc(C(C)(NCCN)C(=O)O)cc1. The topological polar surface area (TPSA) is 75.3 Å². The van der Waals surface area contributed by atoms with E-state index in [-0.39, 0.29) is 0 Å². The number of benzene rings is 1. The van der Waals surface area contributed by atoms with E-state index in [2.05, 4.69) is 12.2 Å². The molecule has 0 heterocycles. The van der Waals surface area contributed by atoms with E-state index in [1.807, 2.05) is 24.3 Å². The van der Waals surface area contributed by atoms with Gasteiger partial charge < -0.3 is 10.8 Å². The smallest absolute Gasteiger partial charge is 0.328 e. The van der Waals surface area contributed by atoms with Crippen LogP contribution in [0.4, 0.5) is 0 Å². The van der Waals surface area contributed by atoms with E-state index in [0.29, 0.717) is 13.1 Å². The molecule has 0 spiro atoms. The molecule has 4 N–H and O–H groups in total. The summed E-state index contributed by atoms with van der Waals surface area (Å²) in [5.41, 5.74) is 6.27. The maximum Gasteiger partial charge on any atom is 0.328 e. The van der Waals surface area contributed by atoms with Crippen molar-refractivity contribution in [2.24, 2.45) is 5.73 Å². The Hall–Kier alpha value is -1.39. The molecule has 1 rings (SSSR count). The number of hydrogen-bond acceptors (Lipinski definition) is 3. The zero-order valence-corrected chi connectivity index (χ0v) is 10.4. The van der Waals surface area contributed by atoms with Crippen molar-refractivity contribution in [3.8, 4) is 0 Å². The van der Waals surface area contributed by atoms with Crippen LogP contribution in [0.25, 0.3) is 0 Å². The quantitative estimate of drug-likeness (QED) is 0.691. The molecule has 1 unspecified atom stereocenters. The summed E-state index contributed by atoms with van der Waals surface area (Å²) in [4.78, 5) is 11.4. The highest BCUT2D eigenvalue weighted by Gasteiger charge is 2.34. The van der Waals surface area contributed by atoms with Crippen LogP contribution in [0.3, 0.4) is 0 Å². The lowest BCUT2D eigenvalue weighted by molar-refractivity contribution is -0.144. The number of aliphatic carboxylic acids is 1. The van der Waals surface area contributed by atoms with Gasteiger partial charge in [-0.3, -0.25) is 5.32 Å². The predicted molar refractivity (Wildman–Crippen MR) is 67.9 cm³/mol. The predicted octanol–water partition coefficient (Wildman–Crippen LogP) is 1.10. The van der Waals surface area contributed by atoms with E-state index in [1.165, 1.54) is 5.56 Å². The van der Waals surface area contributed by atoms with Crippen molar-refractivity contribution in [3.05, 3.63) is 35.4 Å². The molecule has 1 atom stereocenters. The molecule has 4 heteroatoms. The van der Waals surface area contributed by atoms with Crippen molar-refractivity contribution < 1.29 is 9.90 Å². The van der Waals surface area contributed by atoms with Gasteiger partial charge in [0, 0.05) is 13.1 Å².